The SMILES string of the molecule is CC(C)C12C3C[C@@H]1C[C@@]1(c4ccccc4-c4cc(-c5ccccc5N(c5ccc(-c6ccccc6)cc5)c5ccc(-n6c7ccccc7c7ccccc76)cc5)ccc41)[C@@H]2C3. The van der Waals surface area contributed by atoms with Gasteiger partial charge < -0.3 is 9.47 Å². The quantitative estimate of drug-likeness (QED) is 0.156. The van der Waals surface area contributed by atoms with Crippen LogP contribution in [0.2, 0.25) is 0 Å². The van der Waals surface area contributed by atoms with Gasteiger partial charge in [0.1, 0.15) is 0 Å². The predicted molar refractivity (Wildman–Crippen MR) is 254 cm³/mol. The molecule has 9 aromatic rings. The minimum absolute atomic E-state index is 0.135. The Kier molecular flexibility index (Phi) is 7.45. The molecule has 2 nitrogen and oxygen atoms in total. The highest BCUT2D eigenvalue weighted by Gasteiger charge is 2.78. The minimum atomic E-state index is 0.135. The van der Waals surface area contributed by atoms with Crippen LogP contribution in [0.15, 0.2) is 194 Å². The van der Waals surface area contributed by atoms with E-state index in [1.54, 1.807) is 11.1 Å². The molecular formula is C59H48N2. The Hall–Kier alpha value is -6.64. The first-order valence-electron chi connectivity index (χ1n) is 22.4. The molecule has 3 fully saturated rings. The van der Waals surface area contributed by atoms with E-state index in [1.165, 1.54) is 80.1 Å². The molecule has 61 heavy (non-hydrogen) atoms. The molecule has 4 aliphatic carbocycles. The lowest BCUT2D eigenvalue weighted by Gasteiger charge is -2.68. The van der Waals surface area contributed by atoms with Gasteiger partial charge in [-0.2, -0.15) is 0 Å². The van der Waals surface area contributed by atoms with Crippen molar-refractivity contribution in [2.45, 2.75) is 38.5 Å². The highest BCUT2D eigenvalue weighted by Crippen LogP contribution is 2.84. The maximum atomic E-state index is 2.55. The van der Waals surface area contributed by atoms with Crippen molar-refractivity contribution in [2.75, 3.05) is 4.90 Å². The molecule has 0 radical (unpaired) electrons. The van der Waals surface area contributed by atoms with Gasteiger partial charge in [0.2, 0.25) is 0 Å². The summed E-state index contributed by atoms with van der Waals surface area (Å²) in [6.07, 6.45) is 4.13. The Morgan fingerprint density at radius 3 is 1.75 bits per heavy atom. The Labute approximate surface area is 358 Å². The van der Waals surface area contributed by atoms with E-state index < -0.39 is 0 Å². The van der Waals surface area contributed by atoms with Gasteiger partial charge >= 0.3 is 0 Å². The zero-order valence-electron chi connectivity index (χ0n) is 34.8. The third-order valence-electron chi connectivity index (χ3n) is 16.1. The normalized spacial score (nSPS) is 22.8. The van der Waals surface area contributed by atoms with Crippen LogP contribution in [0, 0.1) is 29.1 Å². The van der Waals surface area contributed by atoms with E-state index in [2.05, 4.69) is 217 Å². The number of anilines is 3. The van der Waals surface area contributed by atoms with Crippen molar-refractivity contribution in [2.24, 2.45) is 29.1 Å². The first-order valence-corrected chi connectivity index (χ1v) is 22.4. The van der Waals surface area contributed by atoms with E-state index in [1.807, 2.05) is 0 Å². The van der Waals surface area contributed by atoms with Crippen molar-refractivity contribution in [1.82, 2.24) is 4.57 Å². The van der Waals surface area contributed by atoms with Gasteiger partial charge in [0.05, 0.1) is 16.7 Å². The molecule has 1 aromatic heterocycles. The fraction of sp³-hybridized carbons (Fsp3) is 0.186. The lowest BCUT2D eigenvalue weighted by molar-refractivity contribution is -0.196. The summed E-state index contributed by atoms with van der Waals surface area (Å²) in [7, 11) is 0. The van der Waals surface area contributed by atoms with Crippen molar-refractivity contribution in [1.29, 1.82) is 0 Å². The average molecular weight is 785 g/mol. The molecular weight excluding hydrogens is 737 g/mol. The number of para-hydroxylation sites is 3. The van der Waals surface area contributed by atoms with Gasteiger partial charge in [-0.05, 0) is 148 Å². The highest BCUT2D eigenvalue weighted by atomic mass is 15.1. The molecule has 3 saturated carbocycles. The maximum Gasteiger partial charge on any atom is 0.0541 e. The van der Waals surface area contributed by atoms with Crippen LogP contribution in [0.4, 0.5) is 17.1 Å². The van der Waals surface area contributed by atoms with Crippen LogP contribution >= 0.6 is 0 Å². The second-order valence-electron chi connectivity index (χ2n) is 18.7. The van der Waals surface area contributed by atoms with E-state index in [9.17, 15) is 0 Å². The van der Waals surface area contributed by atoms with Crippen molar-refractivity contribution in [3.8, 4) is 39.1 Å². The van der Waals surface area contributed by atoms with E-state index in [0.717, 1.165) is 40.7 Å². The molecule has 0 bridgehead atoms. The lowest BCUT2D eigenvalue weighted by atomic mass is 9.36. The van der Waals surface area contributed by atoms with Gasteiger partial charge in [-0.3, -0.25) is 0 Å². The third-order valence-corrected chi connectivity index (χ3v) is 16.1. The predicted octanol–water partition coefficient (Wildman–Crippen LogP) is 15.6. The van der Waals surface area contributed by atoms with Crippen molar-refractivity contribution in [3.63, 3.8) is 0 Å². The van der Waals surface area contributed by atoms with Gasteiger partial charge in [0.15, 0.2) is 0 Å². The lowest BCUT2D eigenvalue weighted by Crippen LogP contribution is -2.63. The molecule has 0 amide bonds. The van der Waals surface area contributed by atoms with Crippen LogP contribution < -0.4 is 4.90 Å². The smallest absolute Gasteiger partial charge is 0.0541 e. The molecule has 294 valence electrons. The van der Waals surface area contributed by atoms with Crippen molar-refractivity contribution >= 4 is 38.9 Å². The number of rotatable bonds is 7. The summed E-state index contributed by atoms with van der Waals surface area (Å²) in [4.78, 5) is 2.46. The Bertz CT molecular complexity index is 3120. The third kappa shape index (κ3) is 4.68. The fourth-order valence-electron chi connectivity index (χ4n) is 13.8. The number of hydrogen-bond acceptors (Lipinski definition) is 1. The van der Waals surface area contributed by atoms with Gasteiger partial charge in [0, 0.05) is 38.8 Å². The number of aromatic nitrogens is 1. The Morgan fingerprint density at radius 2 is 1.07 bits per heavy atom. The molecule has 8 aromatic carbocycles. The van der Waals surface area contributed by atoms with Crippen LogP contribution in [0.25, 0.3) is 60.9 Å². The first-order chi connectivity index (χ1) is 30.1. The second kappa shape index (κ2) is 12.9. The molecule has 13 rings (SSSR count). The van der Waals surface area contributed by atoms with Gasteiger partial charge in [-0.25, -0.2) is 0 Å². The molecule has 5 atom stereocenters. The number of benzene rings is 8. The van der Waals surface area contributed by atoms with E-state index >= 15 is 0 Å². The summed E-state index contributed by atoms with van der Waals surface area (Å²) in [5.74, 6) is 3.25. The van der Waals surface area contributed by atoms with Gasteiger partial charge in [-0.15, -0.1) is 0 Å². The summed E-state index contributed by atoms with van der Waals surface area (Å²) in [5, 5.41) is 2.55. The number of fused-ring (bicyclic) bond motifs is 9. The summed E-state index contributed by atoms with van der Waals surface area (Å²) < 4.78 is 2.40. The zero-order chi connectivity index (χ0) is 40.5. The van der Waals surface area contributed by atoms with Crippen molar-refractivity contribution in [3.05, 3.63) is 205 Å². The second-order valence-corrected chi connectivity index (χ2v) is 18.7. The van der Waals surface area contributed by atoms with Gasteiger partial charge in [-0.1, -0.05) is 147 Å². The monoisotopic (exact) mass is 784 g/mol. The van der Waals surface area contributed by atoms with Crippen molar-refractivity contribution < 1.29 is 0 Å². The molecule has 2 heteroatoms. The molecule has 0 saturated heterocycles. The van der Waals surface area contributed by atoms with E-state index in [4.69, 9.17) is 0 Å². The fourth-order valence-corrected chi connectivity index (χ4v) is 13.8. The summed E-state index contributed by atoms with van der Waals surface area (Å²) in [6, 6.07) is 72.5. The molecule has 2 unspecified atom stereocenters. The molecule has 1 spiro atoms. The maximum absolute atomic E-state index is 2.55. The van der Waals surface area contributed by atoms with Crippen LogP contribution in [-0.4, -0.2) is 4.57 Å². The number of hydrogen-bond donors (Lipinski definition) is 0. The minimum Gasteiger partial charge on any atom is -0.310 e. The molecule has 0 aliphatic heterocycles. The first kappa shape index (κ1) is 35.1. The number of nitrogens with zero attached hydrogens (tertiary/aromatic N) is 2. The Balaban J connectivity index is 0.953. The summed E-state index contributed by atoms with van der Waals surface area (Å²) >= 11 is 0. The summed E-state index contributed by atoms with van der Waals surface area (Å²) in [5.41, 5.74) is 18.7. The molecule has 0 N–H and O–H groups in total. The largest absolute Gasteiger partial charge is 0.310 e. The highest BCUT2D eigenvalue weighted by molar-refractivity contribution is 6.09. The molecule has 1 heterocycles. The van der Waals surface area contributed by atoms with E-state index in [-0.39, 0.29) is 5.41 Å². The van der Waals surface area contributed by atoms with Gasteiger partial charge in [0.25, 0.3) is 0 Å². The Morgan fingerprint density at radius 1 is 0.492 bits per heavy atom. The average Bonchev–Trinajstić information content (AvgIpc) is 3.76. The van der Waals surface area contributed by atoms with E-state index in [0.29, 0.717) is 5.41 Å². The van der Waals surface area contributed by atoms with Crippen LogP contribution in [0.5, 0.6) is 0 Å². The standard InChI is InChI=1S/C59H48N2/c1-38(2)59-42-35-43(59)37-58(57(59)36-42)52-20-10-6-17-48(52)51-34-41(26-33-53(51)58)47-16-7-11-21-54(47)60(44-27-24-40(25-28-44)39-14-4-3-5-15-39)45-29-31-46(32-30-45)61-55-22-12-8-18-49(55)50-19-9-13-23-56(50)61/h3-34,38,42-43,57H,35-37H2,1-2H3/t42?,43-,57+,58+,59?/m1/s1. The molecule has 4 aliphatic rings. The van der Waals surface area contributed by atoms with Crippen LogP contribution in [0.3, 0.4) is 0 Å². The summed E-state index contributed by atoms with van der Waals surface area (Å²) in [6.45, 7) is 5.04. The van der Waals surface area contributed by atoms with Crippen LogP contribution in [-0.2, 0) is 5.41 Å². The zero-order valence-corrected chi connectivity index (χ0v) is 34.8. The van der Waals surface area contributed by atoms with Crippen LogP contribution in [0.1, 0.15) is 44.2 Å². The topological polar surface area (TPSA) is 8.17 Å².